The largest absolute Gasteiger partial charge is 0.438 e. The van der Waals surface area contributed by atoms with Gasteiger partial charge >= 0.3 is 6.18 Å². The highest BCUT2D eigenvalue weighted by atomic mass is 19.4. The van der Waals surface area contributed by atoms with Crippen LogP contribution < -0.4 is 10.1 Å². The van der Waals surface area contributed by atoms with Gasteiger partial charge in [-0.2, -0.15) is 13.2 Å². The second-order valence-corrected chi connectivity index (χ2v) is 8.87. The van der Waals surface area contributed by atoms with Crippen LogP contribution in [-0.2, 0) is 19.1 Å². The first kappa shape index (κ1) is 27.6. The average Bonchev–Trinajstić information content (AvgIpc) is 2.90. The smallest absolute Gasteiger partial charge is 0.416 e. The highest BCUT2D eigenvalue weighted by Crippen LogP contribution is 2.34. The zero-order chi connectivity index (χ0) is 28.2. The summed E-state index contributed by atoms with van der Waals surface area (Å²) in [6.45, 7) is 2.18. The van der Waals surface area contributed by atoms with Crippen molar-refractivity contribution in [1.29, 1.82) is 0 Å². The summed E-state index contributed by atoms with van der Waals surface area (Å²) < 4.78 is 60.6. The van der Waals surface area contributed by atoms with Crippen molar-refractivity contribution in [3.05, 3.63) is 95.3 Å². The molecule has 202 valence electrons. The van der Waals surface area contributed by atoms with Crippen LogP contribution in [0.3, 0.4) is 0 Å². The SMILES string of the molecule is CCc1nccc(-c2cccnc2Oc2ccc(F)c(C(=O)Nc3cc(C(F)(F)F)ccc3CN(C)C)c2)n1. The van der Waals surface area contributed by atoms with E-state index in [2.05, 4.69) is 20.3 Å². The van der Waals surface area contributed by atoms with Gasteiger partial charge in [-0.3, -0.25) is 4.79 Å². The molecule has 4 rings (SSSR count). The monoisotopic (exact) mass is 539 g/mol. The first-order chi connectivity index (χ1) is 18.5. The van der Waals surface area contributed by atoms with Gasteiger partial charge in [0, 0.05) is 31.0 Å². The van der Waals surface area contributed by atoms with Crippen LogP contribution in [0, 0.1) is 5.82 Å². The molecule has 11 heteroatoms. The lowest BCUT2D eigenvalue weighted by molar-refractivity contribution is -0.137. The Morgan fingerprint density at radius 1 is 1.03 bits per heavy atom. The Labute approximate surface area is 222 Å². The molecule has 0 aliphatic heterocycles. The van der Waals surface area contributed by atoms with E-state index in [4.69, 9.17) is 4.74 Å². The van der Waals surface area contributed by atoms with Crippen molar-refractivity contribution in [2.45, 2.75) is 26.1 Å². The van der Waals surface area contributed by atoms with E-state index in [0.717, 1.165) is 18.2 Å². The number of nitrogens with one attached hydrogen (secondary N) is 1. The van der Waals surface area contributed by atoms with Crippen molar-refractivity contribution in [3.8, 4) is 22.9 Å². The highest BCUT2D eigenvalue weighted by Gasteiger charge is 2.31. The number of ether oxygens (including phenoxy) is 1. The van der Waals surface area contributed by atoms with Crippen LogP contribution in [0.25, 0.3) is 11.3 Å². The van der Waals surface area contributed by atoms with Gasteiger partial charge in [-0.15, -0.1) is 0 Å². The predicted octanol–water partition coefficient (Wildman–Crippen LogP) is 6.37. The Balaban J connectivity index is 1.64. The Bertz CT molecular complexity index is 1490. The standard InChI is InChI=1S/C28H25F4N5O2/c1-4-25-33-13-11-23(35-25)20-6-5-12-34-27(20)39-19-9-10-22(29)21(15-19)26(38)36-24-14-18(28(30,31)32)8-7-17(24)16-37(2)3/h5-15H,4,16H2,1-3H3,(H,36,38). The van der Waals surface area contributed by atoms with E-state index < -0.39 is 29.0 Å². The number of hydrogen-bond acceptors (Lipinski definition) is 6. The Kier molecular flexibility index (Phi) is 8.20. The Hall–Kier alpha value is -4.38. The Morgan fingerprint density at radius 3 is 2.54 bits per heavy atom. The van der Waals surface area contributed by atoms with E-state index in [1.807, 2.05) is 6.92 Å². The van der Waals surface area contributed by atoms with E-state index in [9.17, 15) is 22.4 Å². The molecule has 0 atom stereocenters. The number of aryl methyl sites for hydroxylation is 1. The van der Waals surface area contributed by atoms with Gasteiger partial charge in [0.15, 0.2) is 0 Å². The third-order valence-electron chi connectivity index (χ3n) is 5.64. The van der Waals surface area contributed by atoms with E-state index in [-0.39, 0.29) is 23.9 Å². The number of alkyl halides is 3. The lowest BCUT2D eigenvalue weighted by atomic mass is 10.1. The number of carbonyl (C=O) groups is 1. The van der Waals surface area contributed by atoms with Gasteiger partial charge in [-0.25, -0.2) is 19.3 Å². The number of carbonyl (C=O) groups excluding carboxylic acids is 1. The van der Waals surface area contributed by atoms with Crippen molar-refractivity contribution < 1.29 is 27.1 Å². The van der Waals surface area contributed by atoms with E-state index in [1.165, 1.54) is 24.4 Å². The van der Waals surface area contributed by atoms with Gasteiger partial charge < -0.3 is 15.0 Å². The molecule has 2 heterocycles. The molecule has 0 aliphatic carbocycles. The maximum atomic E-state index is 14.7. The molecule has 0 radical (unpaired) electrons. The van der Waals surface area contributed by atoms with Crippen LogP contribution in [-0.4, -0.2) is 39.9 Å². The molecule has 0 bridgehead atoms. The minimum absolute atomic E-state index is 0.0725. The summed E-state index contributed by atoms with van der Waals surface area (Å²) in [6, 6.07) is 11.8. The topological polar surface area (TPSA) is 80.2 Å². The van der Waals surface area contributed by atoms with Gasteiger partial charge in [0.1, 0.15) is 17.4 Å². The molecule has 2 aromatic carbocycles. The summed E-state index contributed by atoms with van der Waals surface area (Å²) in [4.78, 5) is 27.7. The van der Waals surface area contributed by atoms with Crippen molar-refractivity contribution in [2.24, 2.45) is 0 Å². The van der Waals surface area contributed by atoms with Gasteiger partial charge in [0.25, 0.3) is 5.91 Å². The quantitative estimate of drug-likeness (QED) is 0.262. The van der Waals surface area contributed by atoms with Gasteiger partial charge in [0.2, 0.25) is 5.88 Å². The summed E-state index contributed by atoms with van der Waals surface area (Å²) in [5.74, 6) is -0.898. The number of amides is 1. The zero-order valence-corrected chi connectivity index (χ0v) is 21.4. The predicted molar refractivity (Wildman–Crippen MR) is 138 cm³/mol. The van der Waals surface area contributed by atoms with Gasteiger partial charge in [0.05, 0.1) is 22.4 Å². The lowest BCUT2D eigenvalue weighted by Crippen LogP contribution is -2.19. The number of halogens is 4. The van der Waals surface area contributed by atoms with Crippen LogP contribution in [0.1, 0.15) is 34.2 Å². The summed E-state index contributed by atoms with van der Waals surface area (Å²) >= 11 is 0. The number of rotatable bonds is 8. The third-order valence-corrected chi connectivity index (χ3v) is 5.64. The molecule has 39 heavy (non-hydrogen) atoms. The Morgan fingerprint density at radius 2 is 1.82 bits per heavy atom. The minimum atomic E-state index is -4.61. The number of pyridine rings is 1. The van der Waals surface area contributed by atoms with Crippen LogP contribution in [0.5, 0.6) is 11.6 Å². The zero-order valence-electron chi connectivity index (χ0n) is 21.4. The van der Waals surface area contributed by atoms with Crippen molar-refractivity contribution in [1.82, 2.24) is 19.9 Å². The second-order valence-electron chi connectivity index (χ2n) is 8.87. The fourth-order valence-electron chi connectivity index (χ4n) is 3.78. The van der Waals surface area contributed by atoms with E-state index >= 15 is 0 Å². The number of nitrogens with zero attached hydrogens (tertiary/aromatic N) is 4. The number of anilines is 1. The molecule has 7 nitrogen and oxygen atoms in total. The van der Waals surface area contributed by atoms with E-state index in [0.29, 0.717) is 29.1 Å². The molecule has 4 aromatic rings. The molecule has 0 spiro atoms. The van der Waals surface area contributed by atoms with Crippen LogP contribution >= 0.6 is 0 Å². The third kappa shape index (κ3) is 6.74. The van der Waals surface area contributed by atoms with Gasteiger partial charge in [-0.1, -0.05) is 13.0 Å². The number of hydrogen-bond donors (Lipinski definition) is 1. The van der Waals surface area contributed by atoms with Crippen LogP contribution in [0.4, 0.5) is 23.2 Å². The summed E-state index contributed by atoms with van der Waals surface area (Å²) in [5.41, 5.74) is 0.149. The molecule has 0 aliphatic rings. The van der Waals surface area contributed by atoms with Gasteiger partial charge in [-0.05, 0) is 68.2 Å². The normalized spacial score (nSPS) is 11.5. The molecule has 0 saturated carbocycles. The molecule has 0 fully saturated rings. The molecular weight excluding hydrogens is 514 g/mol. The fraction of sp³-hybridized carbons (Fsp3) is 0.214. The summed E-state index contributed by atoms with van der Waals surface area (Å²) in [7, 11) is 3.47. The number of benzene rings is 2. The first-order valence-electron chi connectivity index (χ1n) is 12.0. The number of aromatic nitrogens is 3. The fourth-order valence-corrected chi connectivity index (χ4v) is 3.78. The minimum Gasteiger partial charge on any atom is -0.438 e. The average molecular weight is 540 g/mol. The van der Waals surface area contributed by atoms with Crippen molar-refractivity contribution >= 4 is 11.6 Å². The van der Waals surface area contributed by atoms with Crippen molar-refractivity contribution in [3.63, 3.8) is 0 Å². The lowest BCUT2D eigenvalue weighted by Gasteiger charge is -2.17. The maximum absolute atomic E-state index is 14.7. The molecule has 2 aromatic heterocycles. The molecule has 0 unspecified atom stereocenters. The molecule has 0 saturated heterocycles. The van der Waals surface area contributed by atoms with Crippen LogP contribution in [0.2, 0.25) is 0 Å². The molecular formula is C28H25F4N5O2. The first-order valence-corrected chi connectivity index (χ1v) is 12.0. The van der Waals surface area contributed by atoms with Crippen molar-refractivity contribution in [2.75, 3.05) is 19.4 Å². The van der Waals surface area contributed by atoms with E-state index in [1.54, 1.807) is 43.4 Å². The maximum Gasteiger partial charge on any atom is 0.416 e. The highest BCUT2D eigenvalue weighted by molar-refractivity contribution is 6.05. The summed E-state index contributed by atoms with van der Waals surface area (Å²) in [5, 5.41) is 2.43. The summed E-state index contributed by atoms with van der Waals surface area (Å²) in [6.07, 6.45) is -0.853. The second kappa shape index (κ2) is 11.6. The van der Waals surface area contributed by atoms with Crippen LogP contribution in [0.15, 0.2) is 67.0 Å². The molecule has 1 amide bonds. The molecule has 1 N–H and O–H groups in total.